The van der Waals surface area contributed by atoms with Crippen molar-refractivity contribution in [2.45, 2.75) is 6.04 Å². The quantitative estimate of drug-likeness (QED) is 0.752. The van der Waals surface area contributed by atoms with Crippen molar-refractivity contribution in [1.29, 1.82) is 0 Å². The first kappa shape index (κ1) is 10.8. The average Bonchev–Trinajstić information content (AvgIpc) is 2.26. The molecule has 2 rings (SSSR count). The van der Waals surface area contributed by atoms with Gasteiger partial charge in [-0.15, -0.1) is 0 Å². The number of halogens is 3. The van der Waals surface area contributed by atoms with Gasteiger partial charge < -0.3 is 10.1 Å². The van der Waals surface area contributed by atoms with Crippen molar-refractivity contribution < 1.29 is 13.5 Å². The van der Waals surface area contributed by atoms with Crippen molar-refractivity contribution in [3.05, 3.63) is 34.4 Å². The fourth-order valence-electron chi connectivity index (χ4n) is 1.61. The number of ether oxygens (including phenoxy) is 1. The zero-order valence-corrected chi connectivity index (χ0v) is 8.65. The van der Waals surface area contributed by atoms with Crippen LogP contribution in [0.1, 0.15) is 11.6 Å². The van der Waals surface area contributed by atoms with Crippen LogP contribution in [0.25, 0.3) is 0 Å². The molecule has 1 aliphatic heterocycles. The van der Waals surface area contributed by atoms with Gasteiger partial charge in [-0.1, -0.05) is 11.6 Å². The third-order valence-electron chi connectivity index (χ3n) is 2.35. The van der Waals surface area contributed by atoms with Crippen LogP contribution < -0.4 is 5.32 Å². The predicted molar refractivity (Wildman–Crippen MR) is 52.9 cm³/mol. The molecule has 0 aliphatic carbocycles. The highest BCUT2D eigenvalue weighted by Crippen LogP contribution is 2.27. The zero-order chi connectivity index (χ0) is 10.8. The van der Waals surface area contributed by atoms with Crippen molar-refractivity contribution in [2.75, 3.05) is 19.8 Å². The number of hydrogen-bond donors (Lipinski definition) is 1. The molecule has 1 aliphatic rings. The molecule has 0 radical (unpaired) electrons. The lowest BCUT2D eigenvalue weighted by atomic mass is 10.1. The van der Waals surface area contributed by atoms with E-state index in [1.807, 2.05) is 0 Å². The molecule has 82 valence electrons. The zero-order valence-electron chi connectivity index (χ0n) is 7.90. The van der Waals surface area contributed by atoms with Crippen molar-refractivity contribution in [1.82, 2.24) is 5.32 Å². The van der Waals surface area contributed by atoms with Gasteiger partial charge in [0.1, 0.15) is 11.6 Å². The maximum atomic E-state index is 13.6. The van der Waals surface area contributed by atoms with E-state index in [1.54, 1.807) is 0 Å². The second kappa shape index (κ2) is 4.43. The van der Waals surface area contributed by atoms with E-state index in [0.29, 0.717) is 13.2 Å². The largest absolute Gasteiger partial charge is 0.378 e. The average molecular weight is 234 g/mol. The van der Waals surface area contributed by atoms with Gasteiger partial charge >= 0.3 is 0 Å². The van der Waals surface area contributed by atoms with Crippen molar-refractivity contribution in [3.8, 4) is 0 Å². The highest BCUT2D eigenvalue weighted by atomic mass is 35.5. The Morgan fingerprint density at radius 3 is 2.87 bits per heavy atom. The topological polar surface area (TPSA) is 21.3 Å². The lowest BCUT2D eigenvalue weighted by molar-refractivity contribution is 0.0745. The number of hydrogen-bond acceptors (Lipinski definition) is 2. The molecule has 1 saturated heterocycles. The molecule has 2 nitrogen and oxygen atoms in total. The van der Waals surface area contributed by atoms with E-state index < -0.39 is 17.7 Å². The van der Waals surface area contributed by atoms with Gasteiger partial charge in [0, 0.05) is 12.1 Å². The molecule has 0 amide bonds. The molecule has 1 heterocycles. The first-order valence-electron chi connectivity index (χ1n) is 4.64. The Morgan fingerprint density at radius 1 is 1.40 bits per heavy atom. The Balaban J connectivity index is 2.36. The monoisotopic (exact) mass is 233 g/mol. The van der Waals surface area contributed by atoms with Crippen LogP contribution in [0.2, 0.25) is 5.02 Å². The van der Waals surface area contributed by atoms with Gasteiger partial charge in [-0.3, -0.25) is 0 Å². The second-order valence-electron chi connectivity index (χ2n) is 3.34. The predicted octanol–water partition coefficient (Wildman–Crippen LogP) is 2.28. The number of benzene rings is 1. The van der Waals surface area contributed by atoms with E-state index in [0.717, 1.165) is 6.07 Å². The summed E-state index contributed by atoms with van der Waals surface area (Å²) in [5.74, 6) is -1.31. The maximum Gasteiger partial charge on any atom is 0.149 e. The van der Waals surface area contributed by atoms with Crippen LogP contribution in [0.3, 0.4) is 0 Å². The van der Waals surface area contributed by atoms with E-state index >= 15 is 0 Å². The van der Waals surface area contributed by atoms with E-state index in [1.165, 1.54) is 6.07 Å². The van der Waals surface area contributed by atoms with Crippen LogP contribution in [0.5, 0.6) is 0 Å². The van der Waals surface area contributed by atoms with Crippen LogP contribution in [0.4, 0.5) is 8.78 Å². The smallest absolute Gasteiger partial charge is 0.149 e. The number of nitrogens with one attached hydrogen (secondary N) is 1. The Bertz CT molecular complexity index is 367. The summed E-state index contributed by atoms with van der Waals surface area (Å²) in [4.78, 5) is 0. The fourth-order valence-corrected chi connectivity index (χ4v) is 1.78. The summed E-state index contributed by atoms with van der Waals surface area (Å²) in [5, 5.41) is 2.91. The van der Waals surface area contributed by atoms with Crippen LogP contribution in [0.15, 0.2) is 12.1 Å². The Morgan fingerprint density at radius 2 is 2.20 bits per heavy atom. The first-order valence-corrected chi connectivity index (χ1v) is 5.02. The van der Waals surface area contributed by atoms with E-state index in [9.17, 15) is 8.78 Å². The number of rotatable bonds is 1. The molecule has 1 aromatic carbocycles. The molecule has 15 heavy (non-hydrogen) atoms. The Kier molecular flexibility index (Phi) is 3.19. The van der Waals surface area contributed by atoms with Crippen LogP contribution in [0, 0.1) is 11.6 Å². The third kappa shape index (κ3) is 2.12. The molecular formula is C10H10ClF2NO. The summed E-state index contributed by atoms with van der Waals surface area (Å²) in [6, 6.07) is 1.91. The second-order valence-corrected chi connectivity index (χ2v) is 3.75. The van der Waals surface area contributed by atoms with Gasteiger partial charge in [-0.05, 0) is 12.1 Å². The van der Waals surface area contributed by atoms with Crippen LogP contribution in [-0.2, 0) is 4.74 Å². The molecule has 1 N–H and O–H groups in total. The Hall–Kier alpha value is -0.710. The summed E-state index contributed by atoms with van der Waals surface area (Å²) in [6.07, 6.45) is 0. The molecule has 0 bridgehead atoms. The van der Waals surface area contributed by atoms with Crippen molar-refractivity contribution >= 4 is 11.6 Å². The minimum atomic E-state index is -0.709. The molecular weight excluding hydrogens is 224 g/mol. The van der Waals surface area contributed by atoms with Crippen LogP contribution in [-0.4, -0.2) is 19.8 Å². The van der Waals surface area contributed by atoms with E-state index in [2.05, 4.69) is 5.32 Å². The van der Waals surface area contributed by atoms with Crippen molar-refractivity contribution in [3.63, 3.8) is 0 Å². The lowest BCUT2D eigenvalue weighted by Gasteiger charge is -2.25. The molecule has 5 heteroatoms. The summed E-state index contributed by atoms with van der Waals surface area (Å²) in [5.41, 5.74) is -0.0396. The van der Waals surface area contributed by atoms with Gasteiger partial charge in [0.2, 0.25) is 0 Å². The minimum Gasteiger partial charge on any atom is -0.378 e. The van der Waals surface area contributed by atoms with Gasteiger partial charge in [-0.2, -0.15) is 0 Å². The first-order chi connectivity index (χ1) is 7.20. The normalized spacial score (nSPS) is 21.7. The highest BCUT2D eigenvalue weighted by Gasteiger charge is 2.23. The molecule has 0 unspecified atom stereocenters. The molecule has 1 aromatic rings. The van der Waals surface area contributed by atoms with Crippen molar-refractivity contribution in [2.24, 2.45) is 0 Å². The SMILES string of the molecule is Fc1ccc(Cl)c(F)c1[C@H]1COCCN1. The standard InChI is InChI=1S/C10H10ClF2NO/c11-6-1-2-7(12)9(10(6)13)8-5-15-4-3-14-8/h1-2,8,14H,3-5H2/t8-/m1/s1. The molecule has 0 spiro atoms. The van der Waals surface area contributed by atoms with Gasteiger partial charge in [0.05, 0.1) is 24.3 Å². The van der Waals surface area contributed by atoms with Gasteiger partial charge in [0.25, 0.3) is 0 Å². The third-order valence-corrected chi connectivity index (χ3v) is 2.64. The minimum absolute atomic E-state index is 0.0396. The van der Waals surface area contributed by atoms with E-state index in [4.69, 9.17) is 16.3 Å². The van der Waals surface area contributed by atoms with Crippen LogP contribution >= 0.6 is 11.6 Å². The number of morpholine rings is 1. The van der Waals surface area contributed by atoms with E-state index in [-0.39, 0.29) is 17.2 Å². The maximum absolute atomic E-state index is 13.6. The summed E-state index contributed by atoms with van der Waals surface area (Å²) in [7, 11) is 0. The lowest BCUT2D eigenvalue weighted by Crippen LogP contribution is -2.35. The Labute approximate surface area is 91.2 Å². The fraction of sp³-hybridized carbons (Fsp3) is 0.400. The summed E-state index contributed by atoms with van der Waals surface area (Å²) in [6.45, 7) is 1.39. The van der Waals surface area contributed by atoms with Gasteiger partial charge in [0.15, 0.2) is 0 Å². The molecule has 1 atom stereocenters. The van der Waals surface area contributed by atoms with Gasteiger partial charge in [-0.25, -0.2) is 8.78 Å². The summed E-state index contributed by atoms with van der Waals surface area (Å²) < 4.78 is 32.1. The molecule has 0 saturated carbocycles. The summed E-state index contributed by atoms with van der Waals surface area (Å²) >= 11 is 5.59. The molecule has 0 aromatic heterocycles. The highest BCUT2D eigenvalue weighted by molar-refractivity contribution is 6.30. The molecule has 1 fully saturated rings.